The molecule has 2 N–H and O–H groups in total. The van der Waals surface area contributed by atoms with Gasteiger partial charge in [0.1, 0.15) is 11.5 Å². The fourth-order valence-corrected chi connectivity index (χ4v) is 3.88. The highest BCUT2D eigenvalue weighted by atomic mass is 35.5. The molecule has 194 valence electrons. The second-order valence-corrected chi connectivity index (χ2v) is 8.07. The zero-order valence-electron chi connectivity index (χ0n) is 19.6. The number of hydrogen-bond donors (Lipinski definition) is 2. The van der Waals surface area contributed by atoms with E-state index < -0.39 is 38.7 Å². The summed E-state index contributed by atoms with van der Waals surface area (Å²) < 4.78 is 10.8. The molecule has 0 aliphatic rings. The minimum Gasteiger partial charge on any atom is -0.497 e. The number of carbonyl (C=O) groups is 1. The molecule has 0 radical (unpaired) electrons. The van der Waals surface area contributed by atoms with Gasteiger partial charge in [0, 0.05) is 28.8 Å². The number of fused-ring (bicyclic) bond motifs is 1. The first-order chi connectivity index (χ1) is 18.1. The maximum Gasteiger partial charge on any atom is 0.360 e. The third-order valence-corrected chi connectivity index (χ3v) is 5.70. The second-order valence-electron chi connectivity index (χ2n) is 7.64. The van der Waals surface area contributed by atoms with Crippen LogP contribution in [0.15, 0.2) is 59.8 Å². The summed E-state index contributed by atoms with van der Waals surface area (Å²) in [7, 11) is 2.90. The Kier molecular flexibility index (Phi) is 7.12. The Morgan fingerprint density at radius 2 is 1.68 bits per heavy atom. The molecule has 0 amide bonds. The van der Waals surface area contributed by atoms with Crippen molar-refractivity contribution in [3.05, 3.63) is 85.5 Å². The lowest BCUT2D eigenvalue weighted by molar-refractivity contribution is -0.394. The molecule has 0 fully saturated rings. The molecule has 4 rings (SSSR count). The first-order valence-corrected chi connectivity index (χ1v) is 11.0. The van der Waals surface area contributed by atoms with E-state index in [4.69, 9.17) is 25.9 Å². The van der Waals surface area contributed by atoms with Crippen molar-refractivity contribution in [2.45, 2.75) is 0 Å². The molecule has 13 nitrogen and oxygen atoms in total. The molecular weight excluding hydrogens is 524 g/mol. The van der Waals surface area contributed by atoms with Gasteiger partial charge in [0.15, 0.2) is 0 Å². The summed E-state index contributed by atoms with van der Waals surface area (Å²) in [6, 6.07) is 12.4. The number of aliphatic carboxylic acids is 1. The molecule has 1 aromatic heterocycles. The molecule has 0 saturated carbocycles. The number of carboxylic acid groups (broad SMARTS) is 1. The number of methoxy groups -OCH3 is 2. The van der Waals surface area contributed by atoms with Crippen LogP contribution in [0.4, 0.5) is 11.4 Å². The van der Waals surface area contributed by atoms with Crippen LogP contribution in [0.1, 0.15) is 5.69 Å². The quantitative estimate of drug-likeness (QED) is 0.164. The number of ether oxygens (including phenoxy) is 2. The van der Waals surface area contributed by atoms with Crippen LogP contribution in [0.2, 0.25) is 5.02 Å². The molecule has 0 aliphatic heterocycles. The maximum absolute atomic E-state index is 12.3. The molecule has 0 aliphatic carbocycles. The van der Waals surface area contributed by atoms with Gasteiger partial charge in [0.25, 0.3) is 5.69 Å². The van der Waals surface area contributed by atoms with Crippen LogP contribution in [0.25, 0.3) is 22.0 Å². The largest absolute Gasteiger partial charge is 0.497 e. The monoisotopic (exact) mass is 540 g/mol. The lowest BCUT2D eigenvalue weighted by atomic mass is 9.99. The van der Waals surface area contributed by atoms with E-state index in [1.54, 1.807) is 36.4 Å². The van der Waals surface area contributed by atoms with Crippen LogP contribution in [0, 0.1) is 20.2 Å². The molecule has 0 atom stereocenters. The van der Waals surface area contributed by atoms with Crippen LogP contribution in [0.3, 0.4) is 0 Å². The van der Waals surface area contributed by atoms with E-state index in [9.17, 15) is 30.1 Å². The third kappa shape index (κ3) is 4.90. The topological polar surface area (TPSA) is 179 Å². The smallest absolute Gasteiger partial charge is 0.360 e. The number of aromatic amines is 1. The number of nitrogens with zero attached hydrogens (tertiary/aromatic N) is 3. The highest BCUT2D eigenvalue weighted by Crippen LogP contribution is 2.41. The van der Waals surface area contributed by atoms with Gasteiger partial charge in [-0.3, -0.25) is 20.2 Å². The maximum atomic E-state index is 12.3. The minimum atomic E-state index is -1.53. The van der Waals surface area contributed by atoms with Gasteiger partial charge >= 0.3 is 11.7 Å². The number of nitro benzene ring substituents is 2. The van der Waals surface area contributed by atoms with Gasteiger partial charge in [-0.05, 0) is 23.8 Å². The number of hydrogen-bond acceptors (Lipinski definition) is 9. The zero-order chi connectivity index (χ0) is 27.6. The predicted molar refractivity (Wildman–Crippen MR) is 136 cm³/mol. The molecule has 14 heteroatoms. The van der Waals surface area contributed by atoms with E-state index in [2.05, 4.69) is 10.1 Å². The summed E-state index contributed by atoms with van der Waals surface area (Å²) in [6.45, 7) is 0. The summed E-state index contributed by atoms with van der Waals surface area (Å²) in [5.41, 5.74) is -0.600. The summed E-state index contributed by atoms with van der Waals surface area (Å²) in [4.78, 5) is 41.3. The van der Waals surface area contributed by atoms with Crippen molar-refractivity contribution in [3.63, 3.8) is 0 Å². The average Bonchev–Trinajstić information content (AvgIpc) is 3.27. The van der Waals surface area contributed by atoms with Gasteiger partial charge in [-0.15, -0.1) is 0 Å². The Morgan fingerprint density at radius 3 is 2.26 bits per heavy atom. The van der Waals surface area contributed by atoms with Crippen molar-refractivity contribution in [1.29, 1.82) is 0 Å². The number of H-pyrrole nitrogens is 1. The van der Waals surface area contributed by atoms with Gasteiger partial charge < -0.3 is 24.4 Å². The van der Waals surface area contributed by atoms with Crippen molar-refractivity contribution < 1.29 is 34.1 Å². The Labute approximate surface area is 218 Å². The summed E-state index contributed by atoms with van der Waals surface area (Å²) >= 11 is 6.05. The number of oxime groups is 1. The number of carboxylic acids is 1. The standard InChI is InChI=1S/C24H17ClN4O9/c1-36-15-10-16-21(19(11-15)37-2)20(12-3-5-13(25)6-4-12)22(26-16)23(24(30)31)27-38-18-8-7-14(28(32)33)9-17(18)29(34)35/h3-11,26H,1-2H3,(H,30,31)/b27-23-. The second kappa shape index (κ2) is 10.4. The lowest BCUT2D eigenvalue weighted by Gasteiger charge is -2.09. The van der Waals surface area contributed by atoms with E-state index in [1.807, 2.05) is 0 Å². The number of rotatable bonds is 9. The van der Waals surface area contributed by atoms with Gasteiger partial charge in [0.2, 0.25) is 11.5 Å². The van der Waals surface area contributed by atoms with Crippen LogP contribution in [0.5, 0.6) is 17.2 Å². The predicted octanol–water partition coefficient (Wildman–Crippen LogP) is 5.19. The molecule has 0 spiro atoms. The molecule has 38 heavy (non-hydrogen) atoms. The van der Waals surface area contributed by atoms with Crippen molar-refractivity contribution in [3.8, 4) is 28.4 Å². The Balaban J connectivity index is 1.95. The number of benzene rings is 3. The fraction of sp³-hybridized carbons (Fsp3) is 0.0833. The highest BCUT2D eigenvalue weighted by molar-refractivity contribution is 6.44. The van der Waals surface area contributed by atoms with Crippen LogP contribution in [-0.2, 0) is 4.79 Å². The van der Waals surface area contributed by atoms with Crippen molar-refractivity contribution >= 4 is 45.6 Å². The normalized spacial score (nSPS) is 11.3. The van der Waals surface area contributed by atoms with Gasteiger partial charge in [-0.1, -0.05) is 28.9 Å². The number of aromatic nitrogens is 1. The van der Waals surface area contributed by atoms with Crippen molar-refractivity contribution in [2.24, 2.45) is 5.16 Å². The molecule has 3 aromatic carbocycles. The molecule has 1 heterocycles. The average molecular weight is 541 g/mol. The lowest BCUT2D eigenvalue weighted by Crippen LogP contribution is -2.17. The number of nitrogens with one attached hydrogen (secondary N) is 1. The minimum absolute atomic E-state index is 0.00839. The molecule has 0 saturated heterocycles. The first-order valence-electron chi connectivity index (χ1n) is 10.6. The summed E-state index contributed by atoms with van der Waals surface area (Å²) in [5, 5.41) is 37.1. The Hall–Kier alpha value is -5.17. The van der Waals surface area contributed by atoms with Gasteiger partial charge in [0.05, 0.1) is 46.7 Å². The van der Waals surface area contributed by atoms with Crippen molar-refractivity contribution in [2.75, 3.05) is 14.2 Å². The van der Waals surface area contributed by atoms with Crippen LogP contribution >= 0.6 is 11.6 Å². The van der Waals surface area contributed by atoms with Crippen molar-refractivity contribution in [1.82, 2.24) is 4.98 Å². The summed E-state index contributed by atoms with van der Waals surface area (Å²) in [5.74, 6) is -1.23. The van der Waals surface area contributed by atoms with E-state index in [-0.39, 0.29) is 5.69 Å². The van der Waals surface area contributed by atoms with E-state index in [0.717, 1.165) is 12.1 Å². The molecule has 0 unspecified atom stereocenters. The first kappa shape index (κ1) is 25.9. The van der Waals surface area contributed by atoms with Crippen LogP contribution < -0.4 is 14.3 Å². The van der Waals surface area contributed by atoms with Gasteiger partial charge in [-0.25, -0.2) is 4.79 Å². The number of nitro groups is 2. The molecular formula is C24H17ClN4O9. The number of non-ortho nitro benzene ring substituents is 1. The SMILES string of the molecule is COc1cc(OC)c2c(-c3ccc(Cl)cc3)c(/C(=N/Oc3ccc([N+](=O)[O-])cc3[N+](=O)[O-])C(=O)O)[nH]c2c1. The van der Waals surface area contributed by atoms with E-state index >= 15 is 0 Å². The zero-order valence-corrected chi connectivity index (χ0v) is 20.4. The van der Waals surface area contributed by atoms with E-state index in [1.165, 1.54) is 14.2 Å². The van der Waals surface area contributed by atoms with Gasteiger partial charge in [-0.2, -0.15) is 0 Å². The third-order valence-electron chi connectivity index (χ3n) is 5.45. The summed E-state index contributed by atoms with van der Waals surface area (Å²) in [6.07, 6.45) is 0. The molecule has 4 aromatic rings. The van der Waals surface area contributed by atoms with Crippen LogP contribution in [-0.4, -0.2) is 45.8 Å². The Bertz CT molecular complexity index is 1610. The van der Waals surface area contributed by atoms with E-state index in [0.29, 0.717) is 44.6 Å². The number of halogens is 1. The fourth-order valence-electron chi connectivity index (χ4n) is 3.76. The molecule has 0 bridgehead atoms. The Morgan fingerprint density at radius 1 is 0.974 bits per heavy atom. The highest BCUT2D eigenvalue weighted by Gasteiger charge is 2.27.